The molecule has 2 N–H and O–H groups in total. The van der Waals surface area contributed by atoms with Crippen LogP contribution >= 0.6 is 0 Å². The summed E-state index contributed by atoms with van der Waals surface area (Å²) in [5.74, 6) is 0.906. The van der Waals surface area contributed by atoms with Gasteiger partial charge >= 0.3 is 0 Å². The Bertz CT molecular complexity index is 176. The average molecular weight is 211 g/mol. The molecule has 2 rings (SSSR count). The Morgan fingerprint density at radius 2 is 1.73 bits per heavy atom. The molecule has 0 bridgehead atoms. The standard InChI is InChI=1S/C12H25N3/c13-5-9-15-8-3-4-12(11-15)10-14-6-1-2-7-14/h12H,1-11,13H2. The zero-order valence-electron chi connectivity index (χ0n) is 9.83. The van der Waals surface area contributed by atoms with Crippen molar-refractivity contribution >= 4 is 0 Å². The fraction of sp³-hybridized carbons (Fsp3) is 1.00. The molecule has 0 amide bonds. The van der Waals surface area contributed by atoms with E-state index in [0.29, 0.717) is 0 Å². The van der Waals surface area contributed by atoms with Gasteiger partial charge in [0.15, 0.2) is 0 Å². The second-order valence-electron chi connectivity index (χ2n) is 5.11. The van der Waals surface area contributed by atoms with Crippen molar-refractivity contribution < 1.29 is 0 Å². The molecule has 2 aliphatic rings. The van der Waals surface area contributed by atoms with Crippen LogP contribution in [0.4, 0.5) is 0 Å². The first-order valence-electron chi connectivity index (χ1n) is 6.53. The SMILES string of the molecule is NCCN1CCCC(CN2CCCC2)C1. The second-order valence-corrected chi connectivity index (χ2v) is 5.11. The summed E-state index contributed by atoms with van der Waals surface area (Å²) in [5.41, 5.74) is 5.62. The van der Waals surface area contributed by atoms with Crippen molar-refractivity contribution in [3.05, 3.63) is 0 Å². The van der Waals surface area contributed by atoms with E-state index in [4.69, 9.17) is 5.73 Å². The summed E-state index contributed by atoms with van der Waals surface area (Å²) in [7, 11) is 0. The van der Waals surface area contributed by atoms with Gasteiger partial charge in [-0.3, -0.25) is 0 Å². The summed E-state index contributed by atoms with van der Waals surface area (Å²) in [6.07, 6.45) is 5.63. The summed E-state index contributed by atoms with van der Waals surface area (Å²) in [4.78, 5) is 5.20. The van der Waals surface area contributed by atoms with Gasteiger partial charge in [-0.1, -0.05) is 0 Å². The third kappa shape index (κ3) is 3.44. The van der Waals surface area contributed by atoms with Gasteiger partial charge in [0.2, 0.25) is 0 Å². The fourth-order valence-electron chi connectivity index (χ4n) is 3.02. The predicted molar refractivity (Wildman–Crippen MR) is 63.9 cm³/mol. The largest absolute Gasteiger partial charge is 0.329 e. The average Bonchev–Trinajstić information content (AvgIpc) is 2.71. The molecule has 0 radical (unpaired) electrons. The third-order valence-electron chi connectivity index (χ3n) is 3.76. The van der Waals surface area contributed by atoms with Gasteiger partial charge in [-0.05, 0) is 51.2 Å². The Morgan fingerprint density at radius 1 is 1.00 bits per heavy atom. The van der Waals surface area contributed by atoms with Crippen LogP contribution in [0.3, 0.4) is 0 Å². The lowest BCUT2D eigenvalue weighted by Crippen LogP contribution is -2.42. The molecule has 15 heavy (non-hydrogen) atoms. The second kappa shape index (κ2) is 5.83. The van der Waals surface area contributed by atoms with Crippen LogP contribution in [-0.4, -0.2) is 55.6 Å². The van der Waals surface area contributed by atoms with Gasteiger partial charge in [0.05, 0.1) is 0 Å². The quantitative estimate of drug-likeness (QED) is 0.745. The number of likely N-dealkylation sites (tertiary alicyclic amines) is 2. The molecule has 0 spiro atoms. The minimum absolute atomic E-state index is 0.816. The van der Waals surface area contributed by atoms with Crippen molar-refractivity contribution in [2.45, 2.75) is 25.7 Å². The molecular weight excluding hydrogens is 186 g/mol. The molecule has 0 aromatic rings. The monoisotopic (exact) mass is 211 g/mol. The van der Waals surface area contributed by atoms with E-state index < -0.39 is 0 Å². The first kappa shape index (κ1) is 11.4. The molecule has 2 aliphatic heterocycles. The lowest BCUT2D eigenvalue weighted by Gasteiger charge is -2.34. The molecule has 2 heterocycles. The van der Waals surface area contributed by atoms with Crippen molar-refractivity contribution in [2.75, 3.05) is 45.8 Å². The van der Waals surface area contributed by atoms with Crippen LogP contribution < -0.4 is 5.73 Å². The lowest BCUT2D eigenvalue weighted by molar-refractivity contribution is 0.146. The van der Waals surface area contributed by atoms with Crippen LogP contribution in [0, 0.1) is 5.92 Å². The van der Waals surface area contributed by atoms with E-state index in [2.05, 4.69) is 9.80 Å². The van der Waals surface area contributed by atoms with Crippen LogP contribution in [0.25, 0.3) is 0 Å². The zero-order chi connectivity index (χ0) is 10.5. The van der Waals surface area contributed by atoms with Crippen molar-refractivity contribution in [3.8, 4) is 0 Å². The van der Waals surface area contributed by atoms with Gasteiger partial charge in [0.1, 0.15) is 0 Å². The van der Waals surface area contributed by atoms with Crippen LogP contribution in [0.2, 0.25) is 0 Å². The lowest BCUT2D eigenvalue weighted by atomic mass is 9.97. The van der Waals surface area contributed by atoms with Crippen molar-refractivity contribution in [1.82, 2.24) is 9.80 Å². The Kier molecular flexibility index (Phi) is 4.42. The van der Waals surface area contributed by atoms with E-state index in [1.54, 1.807) is 0 Å². The van der Waals surface area contributed by atoms with Gasteiger partial charge < -0.3 is 15.5 Å². The number of hydrogen-bond acceptors (Lipinski definition) is 3. The van der Waals surface area contributed by atoms with E-state index in [1.165, 1.54) is 58.4 Å². The predicted octanol–water partition coefficient (Wildman–Crippen LogP) is 0.753. The van der Waals surface area contributed by atoms with E-state index >= 15 is 0 Å². The van der Waals surface area contributed by atoms with Gasteiger partial charge in [-0.25, -0.2) is 0 Å². The number of nitrogens with two attached hydrogens (primary N) is 1. The van der Waals surface area contributed by atoms with Gasteiger partial charge in [0.25, 0.3) is 0 Å². The number of rotatable bonds is 4. The highest BCUT2D eigenvalue weighted by atomic mass is 15.2. The zero-order valence-corrected chi connectivity index (χ0v) is 9.83. The van der Waals surface area contributed by atoms with Crippen molar-refractivity contribution in [1.29, 1.82) is 0 Å². The first-order valence-corrected chi connectivity index (χ1v) is 6.53. The topological polar surface area (TPSA) is 32.5 Å². The molecule has 0 aliphatic carbocycles. The van der Waals surface area contributed by atoms with Gasteiger partial charge in [0, 0.05) is 26.2 Å². The normalized spacial score (nSPS) is 29.8. The first-order chi connectivity index (χ1) is 7.38. The number of piperidine rings is 1. The van der Waals surface area contributed by atoms with E-state index in [0.717, 1.165) is 19.0 Å². The fourth-order valence-corrected chi connectivity index (χ4v) is 3.02. The van der Waals surface area contributed by atoms with E-state index in [1.807, 2.05) is 0 Å². The molecular formula is C12H25N3. The molecule has 0 aromatic heterocycles. The number of hydrogen-bond donors (Lipinski definition) is 1. The molecule has 0 saturated carbocycles. The third-order valence-corrected chi connectivity index (χ3v) is 3.76. The maximum absolute atomic E-state index is 5.62. The maximum Gasteiger partial charge on any atom is 0.0105 e. The molecule has 88 valence electrons. The summed E-state index contributed by atoms with van der Waals surface area (Å²) in [6, 6.07) is 0. The Labute approximate surface area is 93.6 Å². The van der Waals surface area contributed by atoms with Gasteiger partial charge in [-0.15, -0.1) is 0 Å². The molecule has 2 fully saturated rings. The van der Waals surface area contributed by atoms with E-state index in [-0.39, 0.29) is 0 Å². The highest BCUT2D eigenvalue weighted by Crippen LogP contribution is 2.19. The molecule has 1 atom stereocenters. The van der Waals surface area contributed by atoms with Crippen LogP contribution in [0.5, 0.6) is 0 Å². The highest BCUT2D eigenvalue weighted by Gasteiger charge is 2.22. The molecule has 3 heteroatoms. The molecule has 2 saturated heterocycles. The minimum atomic E-state index is 0.816. The summed E-state index contributed by atoms with van der Waals surface area (Å²) in [5, 5.41) is 0. The van der Waals surface area contributed by atoms with Gasteiger partial charge in [-0.2, -0.15) is 0 Å². The van der Waals surface area contributed by atoms with Crippen molar-refractivity contribution in [2.24, 2.45) is 11.7 Å². The van der Waals surface area contributed by atoms with Crippen LogP contribution in [-0.2, 0) is 0 Å². The Balaban J connectivity index is 1.71. The summed E-state index contributed by atoms with van der Waals surface area (Å²) >= 11 is 0. The Hall–Kier alpha value is -0.120. The number of nitrogens with zero attached hydrogens (tertiary/aromatic N) is 2. The Morgan fingerprint density at radius 3 is 2.47 bits per heavy atom. The highest BCUT2D eigenvalue weighted by molar-refractivity contribution is 4.77. The van der Waals surface area contributed by atoms with Crippen LogP contribution in [0.1, 0.15) is 25.7 Å². The molecule has 3 nitrogen and oxygen atoms in total. The summed E-state index contributed by atoms with van der Waals surface area (Å²) in [6.45, 7) is 8.48. The van der Waals surface area contributed by atoms with Crippen LogP contribution in [0.15, 0.2) is 0 Å². The smallest absolute Gasteiger partial charge is 0.0105 e. The minimum Gasteiger partial charge on any atom is -0.329 e. The summed E-state index contributed by atoms with van der Waals surface area (Å²) < 4.78 is 0. The van der Waals surface area contributed by atoms with Crippen molar-refractivity contribution in [3.63, 3.8) is 0 Å². The van der Waals surface area contributed by atoms with E-state index in [9.17, 15) is 0 Å². The molecule has 0 aromatic carbocycles. The molecule has 1 unspecified atom stereocenters. The maximum atomic E-state index is 5.62.